The van der Waals surface area contributed by atoms with Gasteiger partial charge in [-0.15, -0.1) is 0 Å². The maximum atomic E-state index is 11.2. The van der Waals surface area contributed by atoms with Crippen molar-refractivity contribution in [2.24, 2.45) is 0 Å². The first-order valence-electron chi connectivity index (χ1n) is 3.76. The number of anilines is 1. The van der Waals surface area contributed by atoms with Gasteiger partial charge in [-0.05, 0) is 12.1 Å². The molecule has 13 heavy (non-hydrogen) atoms. The Kier molecular flexibility index (Phi) is 3.64. The van der Waals surface area contributed by atoms with Crippen LogP contribution in [-0.2, 0) is 4.74 Å². The van der Waals surface area contributed by atoms with E-state index in [-0.39, 0.29) is 5.97 Å². The fraction of sp³-hybridized carbons (Fsp3) is 0.222. The minimum atomic E-state index is -0.322. The number of nitrogens with one attached hydrogen (secondary N) is 1. The Labute approximate surface area is 81.6 Å². The molecule has 1 rings (SSSR count). The summed E-state index contributed by atoms with van der Waals surface area (Å²) in [7, 11) is 1.37. The first-order valence-corrected chi connectivity index (χ1v) is 4.98. The summed E-state index contributed by atoms with van der Waals surface area (Å²) in [4.78, 5) is 11.2. The third-order valence-electron chi connectivity index (χ3n) is 1.54. The zero-order valence-electron chi connectivity index (χ0n) is 7.53. The van der Waals surface area contributed by atoms with E-state index in [2.05, 4.69) is 9.46 Å². The lowest BCUT2D eigenvalue weighted by atomic mass is 10.2. The van der Waals surface area contributed by atoms with Crippen molar-refractivity contribution in [2.45, 2.75) is 0 Å². The summed E-state index contributed by atoms with van der Waals surface area (Å²) >= 11 is 1.44. The van der Waals surface area contributed by atoms with Gasteiger partial charge < -0.3 is 9.46 Å². The third kappa shape index (κ3) is 2.39. The Hall–Kier alpha value is -1.16. The summed E-state index contributed by atoms with van der Waals surface area (Å²) in [6, 6.07) is 7.23. The molecule has 0 unspecified atom stereocenters. The van der Waals surface area contributed by atoms with E-state index in [0.717, 1.165) is 5.69 Å². The minimum absolute atomic E-state index is 0.322. The van der Waals surface area contributed by atoms with Crippen molar-refractivity contribution in [2.75, 3.05) is 18.1 Å². The molecule has 1 N–H and O–H groups in total. The molecule has 0 aliphatic heterocycles. The molecule has 0 atom stereocenters. The molecule has 0 saturated heterocycles. The van der Waals surface area contributed by atoms with Crippen LogP contribution in [0.4, 0.5) is 5.69 Å². The highest BCUT2D eigenvalue weighted by Crippen LogP contribution is 2.18. The summed E-state index contributed by atoms with van der Waals surface area (Å²) in [6.45, 7) is 0. The first kappa shape index (κ1) is 9.92. The van der Waals surface area contributed by atoms with Gasteiger partial charge in [-0.2, -0.15) is 0 Å². The standard InChI is InChI=1S/C9H11NO2S/c1-12-9(11)7-5-3-4-6-8(7)10-13-2/h3-6,10H,1-2H3. The van der Waals surface area contributed by atoms with Crippen LogP contribution in [0.1, 0.15) is 10.4 Å². The second-order valence-electron chi connectivity index (χ2n) is 2.34. The van der Waals surface area contributed by atoms with Gasteiger partial charge in [-0.1, -0.05) is 24.1 Å². The number of carbonyl (C=O) groups is 1. The third-order valence-corrected chi connectivity index (χ3v) is 1.97. The van der Waals surface area contributed by atoms with Gasteiger partial charge in [-0.3, -0.25) is 0 Å². The molecule has 0 spiro atoms. The van der Waals surface area contributed by atoms with Crippen LogP contribution in [0.3, 0.4) is 0 Å². The molecule has 1 aromatic carbocycles. The number of benzene rings is 1. The van der Waals surface area contributed by atoms with E-state index < -0.39 is 0 Å². The van der Waals surface area contributed by atoms with Crippen molar-refractivity contribution < 1.29 is 9.53 Å². The zero-order valence-corrected chi connectivity index (χ0v) is 8.35. The molecule has 0 fully saturated rings. The second-order valence-corrected chi connectivity index (χ2v) is 2.96. The number of hydrogen-bond donors (Lipinski definition) is 1. The van der Waals surface area contributed by atoms with Crippen LogP contribution < -0.4 is 4.72 Å². The Morgan fingerprint density at radius 2 is 2.15 bits per heavy atom. The minimum Gasteiger partial charge on any atom is -0.465 e. The largest absolute Gasteiger partial charge is 0.465 e. The number of hydrogen-bond acceptors (Lipinski definition) is 4. The van der Waals surface area contributed by atoms with Crippen molar-refractivity contribution in [3.05, 3.63) is 29.8 Å². The first-order chi connectivity index (χ1) is 6.29. The summed E-state index contributed by atoms with van der Waals surface area (Å²) < 4.78 is 7.64. The van der Waals surface area contributed by atoms with Crippen LogP contribution in [0.15, 0.2) is 24.3 Å². The predicted octanol–water partition coefficient (Wildman–Crippen LogP) is 2.16. The van der Waals surface area contributed by atoms with Gasteiger partial charge in [0.2, 0.25) is 0 Å². The van der Waals surface area contributed by atoms with Gasteiger partial charge in [0.05, 0.1) is 18.4 Å². The molecule has 0 saturated carbocycles. The molecular formula is C9H11NO2S. The van der Waals surface area contributed by atoms with Crippen molar-refractivity contribution in [1.82, 2.24) is 0 Å². The van der Waals surface area contributed by atoms with E-state index in [9.17, 15) is 4.79 Å². The Morgan fingerprint density at radius 3 is 2.77 bits per heavy atom. The SMILES string of the molecule is COC(=O)c1ccccc1NSC. The van der Waals surface area contributed by atoms with E-state index >= 15 is 0 Å². The smallest absolute Gasteiger partial charge is 0.339 e. The Bertz CT molecular complexity index is 301. The maximum Gasteiger partial charge on any atom is 0.339 e. The molecule has 0 aromatic heterocycles. The molecule has 0 bridgehead atoms. The van der Waals surface area contributed by atoms with Gasteiger partial charge in [0.1, 0.15) is 0 Å². The Balaban J connectivity index is 2.97. The average Bonchev–Trinajstić information content (AvgIpc) is 2.18. The van der Waals surface area contributed by atoms with Crippen molar-refractivity contribution in [3.8, 4) is 0 Å². The van der Waals surface area contributed by atoms with E-state index in [1.807, 2.05) is 18.4 Å². The molecule has 0 radical (unpaired) electrons. The van der Waals surface area contributed by atoms with Gasteiger partial charge in [0.25, 0.3) is 0 Å². The monoisotopic (exact) mass is 197 g/mol. The van der Waals surface area contributed by atoms with E-state index in [1.54, 1.807) is 12.1 Å². The number of methoxy groups -OCH3 is 1. The number of carbonyl (C=O) groups excluding carboxylic acids is 1. The lowest BCUT2D eigenvalue weighted by Gasteiger charge is -2.06. The van der Waals surface area contributed by atoms with Crippen molar-refractivity contribution >= 4 is 23.6 Å². The molecule has 0 aliphatic rings. The highest BCUT2D eigenvalue weighted by Gasteiger charge is 2.09. The molecule has 70 valence electrons. The normalized spacial score (nSPS) is 9.38. The number of ether oxygens (including phenoxy) is 1. The van der Waals surface area contributed by atoms with E-state index in [1.165, 1.54) is 19.1 Å². The molecule has 3 nitrogen and oxygen atoms in total. The fourth-order valence-corrected chi connectivity index (χ4v) is 1.37. The van der Waals surface area contributed by atoms with Gasteiger partial charge >= 0.3 is 5.97 Å². The lowest BCUT2D eigenvalue weighted by molar-refractivity contribution is 0.0602. The van der Waals surface area contributed by atoms with Crippen LogP contribution in [0.25, 0.3) is 0 Å². The maximum absolute atomic E-state index is 11.2. The Morgan fingerprint density at radius 1 is 1.46 bits per heavy atom. The number of rotatable bonds is 3. The molecule has 4 heteroatoms. The summed E-state index contributed by atoms with van der Waals surface area (Å²) in [5.41, 5.74) is 1.33. The zero-order chi connectivity index (χ0) is 9.68. The topological polar surface area (TPSA) is 38.3 Å². The van der Waals surface area contributed by atoms with Gasteiger partial charge in [0.15, 0.2) is 0 Å². The molecule has 0 aliphatic carbocycles. The van der Waals surface area contributed by atoms with Crippen molar-refractivity contribution in [3.63, 3.8) is 0 Å². The quantitative estimate of drug-likeness (QED) is 0.595. The lowest BCUT2D eigenvalue weighted by Crippen LogP contribution is -2.04. The van der Waals surface area contributed by atoms with E-state index in [0.29, 0.717) is 5.56 Å². The summed E-state index contributed by atoms with van der Waals surface area (Å²) in [6.07, 6.45) is 1.90. The molecule has 0 heterocycles. The van der Waals surface area contributed by atoms with Crippen LogP contribution in [0.5, 0.6) is 0 Å². The predicted molar refractivity (Wildman–Crippen MR) is 54.9 cm³/mol. The van der Waals surface area contributed by atoms with Crippen LogP contribution in [-0.4, -0.2) is 19.3 Å². The average molecular weight is 197 g/mol. The van der Waals surface area contributed by atoms with Gasteiger partial charge in [0, 0.05) is 6.26 Å². The van der Waals surface area contributed by atoms with Crippen LogP contribution >= 0.6 is 11.9 Å². The number of esters is 1. The van der Waals surface area contributed by atoms with E-state index in [4.69, 9.17) is 0 Å². The number of para-hydroxylation sites is 1. The van der Waals surface area contributed by atoms with Crippen LogP contribution in [0.2, 0.25) is 0 Å². The highest BCUT2D eigenvalue weighted by atomic mass is 32.2. The van der Waals surface area contributed by atoms with Crippen molar-refractivity contribution in [1.29, 1.82) is 0 Å². The van der Waals surface area contributed by atoms with Crippen LogP contribution in [0, 0.1) is 0 Å². The molecule has 0 amide bonds. The molecular weight excluding hydrogens is 186 g/mol. The summed E-state index contributed by atoms with van der Waals surface area (Å²) in [5.74, 6) is -0.322. The van der Waals surface area contributed by atoms with Gasteiger partial charge in [-0.25, -0.2) is 4.79 Å². The fourth-order valence-electron chi connectivity index (χ4n) is 0.970. The molecule has 1 aromatic rings. The summed E-state index contributed by atoms with van der Waals surface area (Å²) in [5, 5.41) is 0. The second kappa shape index (κ2) is 4.77. The highest BCUT2D eigenvalue weighted by molar-refractivity contribution is 7.99.